The van der Waals surface area contributed by atoms with E-state index in [9.17, 15) is 23.1 Å². The quantitative estimate of drug-likeness (QED) is 0.878. The van der Waals surface area contributed by atoms with Crippen molar-refractivity contribution < 1.29 is 27.8 Å². The normalized spacial score (nSPS) is 17.5. The molecular formula is C16H21F3N2O3. The molecule has 1 aliphatic heterocycles. The lowest BCUT2D eigenvalue weighted by Gasteiger charge is -2.39. The highest BCUT2D eigenvalue weighted by Crippen LogP contribution is 2.38. The van der Waals surface area contributed by atoms with E-state index in [0.29, 0.717) is 18.0 Å². The number of rotatable bonds is 4. The Hall–Kier alpha value is -1.96. The number of aliphatic hydroxyl groups is 1. The van der Waals surface area contributed by atoms with Crippen LogP contribution in [0.4, 0.5) is 23.7 Å². The summed E-state index contributed by atoms with van der Waals surface area (Å²) in [5.74, 6) is 0.511. The molecule has 0 atom stereocenters. The molecule has 0 radical (unpaired) electrons. The molecule has 0 spiro atoms. The van der Waals surface area contributed by atoms with E-state index in [1.807, 2.05) is 6.92 Å². The van der Waals surface area contributed by atoms with Gasteiger partial charge in [0.2, 0.25) is 0 Å². The third-order valence-corrected chi connectivity index (χ3v) is 4.00. The monoisotopic (exact) mass is 346 g/mol. The van der Waals surface area contributed by atoms with Crippen LogP contribution in [0.3, 0.4) is 0 Å². The minimum atomic E-state index is -4.68. The van der Waals surface area contributed by atoms with Crippen LogP contribution in [-0.2, 0) is 0 Å². The van der Waals surface area contributed by atoms with Crippen molar-refractivity contribution in [1.29, 1.82) is 0 Å². The predicted octanol–water partition coefficient (Wildman–Crippen LogP) is 3.40. The molecule has 1 fully saturated rings. The van der Waals surface area contributed by atoms with Crippen molar-refractivity contribution in [3.63, 3.8) is 0 Å². The van der Waals surface area contributed by atoms with E-state index in [1.165, 1.54) is 4.90 Å². The first-order chi connectivity index (χ1) is 11.3. The fraction of sp³-hybridized carbons (Fsp3) is 0.562. The summed E-state index contributed by atoms with van der Waals surface area (Å²) in [6.45, 7) is 2.12. The molecule has 2 amide bonds. The van der Waals surface area contributed by atoms with Crippen LogP contribution in [0.2, 0.25) is 0 Å². The van der Waals surface area contributed by atoms with Crippen LogP contribution in [0.5, 0.6) is 5.75 Å². The molecule has 2 N–H and O–H groups in total. The Morgan fingerprint density at radius 2 is 1.96 bits per heavy atom. The Labute approximate surface area is 138 Å². The van der Waals surface area contributed by atoms with Gasteiger partial charge in [0.1, 0.15) is 5.75 Å². The minimum Gasteiger partial charge on any atom is -0.491 e. The summed E-state index contributed by atoms with van der Waals surface area (Å²) in [4.78, 5) is 13.5. The van der Waals surface area contributed by atoms with Gasteiger partial charge in [-0.25, -0.2) is 4.79 Å². The topological polar surface area (TPSA) is 61.8 Å². The van der Waals surface area contributed by atoms with E-state index < -0.39 is 30.7 Å². The first-order valence-corrected chi connectivity index (χ1v) is 7.84. The minimum absolute atomic E-state index is 0.167. The van der Waals surface area contributed by atoms with Crippen LogP contribution in [0, 0.1) is 0 Å². The van der Waals surface area contributed by atoms with E-state index >= 15 is 0 Å². The molecule has 5 nitrogen and oxygen atoms in total. The lowest BCUT2D eigenvalue weighted by Crippen LogP contribution is -2.55. The number of anilines is 1. The summed E-state index contributed by atoms with van der Waals surface area (Å²) < 4.78 is 43.9. The van der Waals surface area contributed by atoms with Crippen LogP contribution in [0.15, 0.2) is 24.3 Å². The molecule has 1 heterocycles. The van der Waals surface area contributed by atoms with Gasteiger partial charge < -0.3 is 20.1 Å². The molecule has 134 valence electrons. The number of piperidine rings is 1. The Morgan fingerprint density at radius 3 is 2.54 bits per heavy atom. The first kappa shape index (κ1) is 18.4. The average molecular weight is 346 g/mol. The number of benzene rings is 1. The molecule has 0 unspecified atom stereocenters. The molecule has 8 heteroatoms. The average Bonchev–Trinajstić information content (AvgIpc) is 2.53. The van der Waals surface area contributed by atoms with Crippen molar-refractivity contribution in [2.24, 2.45) is 0 Å². The van der Waals surface area contributed by atoms with Crippen LogP contribution in [0.25, 0.3) is 0 Å². The molecule has 0 bridgehead atoms. The maximum atomic E-state index is 12.8. The highest BCUT2D eigenvalue weighted by atomic mass is 19.4. The van der Waals surface area contributed by atoms with Gasteiger partial charge in [0.15, 0.2) is 5.60 Å². The molecule has 0 aliphatic carbocycles. The van der Waals surface area contributed by atoms with E-state index in [2.05, 4.69) is 5.32 Å². The van der Waals surface area contributed by atoms with Crippen LogP contribution in [-0.4, -0.2) is 47.5 Å². The smallest absolute Gasteiger partial charge is 0.417 e. The van der Waals surface area contributed by atoms with Crippen molar-refractivity contribution in [2.75, 3.05) is 25.0 Å². The molecular weight excluding hydrogens is 325 g/mol. The van der Waals surface area contributed by atoms with Gasteiger partial charge in [0.25, 0.3) is 0 Å². The number of alkyl halides is 3. The Balaban J connectivity index is 1.97. The molecule has 2 rings (SSSR count). The molecule has 1 aliphatic rings. The first-order valence-electron chi connectivity index (χ1n) is 7.84. The number of para-hydroxylation sites is 2. The number of hydrogen-bond acceptors (Lipinski definition) is 3. The van der Waals surface area contributed by atoms with Gasteiger partial charge in [-0.05, 0) is 18.6 Å². The SMILES string of the molecule is CCCOc1ccccc1NC(=O)N1CCC(O)(C(F)(F)F)CC1. The van der Waals surface area contributed by atoms with Crippen molar-refractivity contribution in [3.05, 3.63) is 24.3 Å². The van der Waals surface area contributed by atoms with Gasteiger partial charge in [-0.3, -0.25) is 0 Å². The fourth-order valence-corrected chi connectivity index (χ4v) is 2.47. The maximum Gasteiger partial charge on any atom is 0.417 e. The number of ether oxygens (including phenoxy) is 1. The van der Waals surface area contributed by atoms with Crippen LogP contribution in [0.1, 0.15) is 26.2 Å². The van der Waals surface area contributed by atoms with Gasteiger partial charge in [-0.1, -0.05) is 19.1 Å². The summed E-state index contributed by atoms with van der Waals surface area (Å²) in [6.07, 6.45) is -4.93. The van der Waals surface area contributed by atoms with Crippen molar-refractivity contribution >= 4 is 11.7 Å². The second kappa shape index (κ2) is 7.29. The molecule has 0 saturated carbocycles. The molecule has 1 aromatic rings. The Morgan fingerprint density at radius 1 is 1.33 bits per heavy atom. The van der Waals surface area contributed by atoms with Crippen molar-refractivity contribution in [1.82, 2.24) is 4.90 Å². The lowest BCUT2D eigenvalue weighted by atomic mass is 9.91. The van der Waals surface area contributed by atoms with E-state index in [1.54, 1.807) is 24.3 Å². The fourth-order valence-electron chi connectivity index (χ4n) is 2.47. The number of likely N-dealkylation sites (tertiary alicyclic amines) is 1. The Bertz CT molecular complexity index is 570. The maximum absolute atomic E-state index is 12.8. The number of carbonyl (C=O) groups is 1. The summed E-state index contributed by atoms with van der Waals surface area (Å²) in [5, 5.41) is 12.3. The summed E-state index contributed by atoms with van der Waals surface area (Å²) in [7, 11) is 0. The number of hydrogen-bond donors (Lipinski definition) is 2. The van der Waals surface area contributed by atoms with Gasteiger partial charge in [0, 0.05) is 25.9 Å². The third kappa shape index (κ3) is 4.11. The number of nitrogens with one attached hydrogen (secondary N) is 1. The van der Waals surface area contributed by atoms with Gasteiger partial charge in [0.05, 0.1) is 12.3 Å². The molecule has 1 aromatic carbocycles. The Kier molecular flexibility index (Phi) is 5.58. The highest BCUT2D eigenvalue weighted by molar-refractivity contribution is 5.91. The van der Waals surface area contributed by atoms with Crippen molar-refractivity contribution in [2.45, 2.75) is 38.0 Å². The van der Waals surface area contributed by atoms with E-state index in [-0.39, 0.29) is 13.1 Å². The van der Waals surface area contributed by atoms with Crippen LogP contribution >= 0.6 is 0 Å². The number of amides is 2. The summed E-state index contributed by atoms with van der Waals surface area (Å²) in [6, 6.07) is 6.37. The van der Waals surface area contributed by atoms with Crippen molar-refractivity contribution in [3.8, 4) is 5.75 Å². The zero-order chi connectivity index (χ0) is 17.8. The summed E-state index contributed by atoms with van der Waals surface area (Å²) in [5.41, 5.74) is -2.25. The third-order valence-electron chi connectivity index (χ3n) is 4.00. The lowest BCUT2D eigenvalue weighted by molar-refractivity contribution is -0.271. The van der Waals surface area contributed by atoms with Gasteiger partial charge in [-0.2, -0.15) is 13.2 Å². The molecule has 0 aromatic heterocycles. The molecule has 1 saturated heterocycles. The largest absolute Gasteiger partial charge is 0.491 e. The number of nitrogens with zero attached hydrogens (tertiary/aromatic N) is 1. The number of urea groups is 1. The zero-order valence-electron chi connectivity index (χ0n) is 13.4. The van der Waals surface area contributed by atoms with Gasteiger partial charge in [-0.15, -0.1) is 0 Å². The highest BCUT2D eigenvalue weighted by Gasteiger charge is 2.54. The van der Waals surface area contributed by atoms with Crippen LogP contribution < -0.4 is 10.1 Å². The second-order valence-corrected chi connectivity index (χ2v) is 5.79. The molecule has 24 heavy (non-hydrogen) atoms. The van der Waals surface area contributed by atoms with E-state index in [4.69, 9.17) is 4.74 Å². The predicted molar refractivity (Wildman–Crippen MR) is 83.1 cm³/mol. The van der Waals surface area contributed by atoms with Gasteiger partial charge >= 0.3 is 12.2 Å². The standard InChI is InChI=1S/C16H21F3N2O3/c1-2-11-24-13-6-4-3-5-12(13)20-14(22)21-9-7-15(23,8-10-21)16(17,18)19/h3-6,23H,2,7-11H2,1H3,(H,20,22). The van der Waals surface area contributed by atoms with E-state index in [0.717, 1.165) is 6.42 Å². The number of carbonyl (C=O) groups excluding carboxylic acids is 1. The number of halogens is 3. The zero-order valence-corrected chi connectivity index (χ0v) is 13.4. The second-order valence-electron chi connectivity index (χ2n) is 5.79. The summed E-state index contributed by atoms with van der Waals surface area (Å²) >= 11 is 0.